The maximum Gasteiger partial charge on any atom is 0.139 e. The Morgan fingerprint density at radius 1 is 0.905 bits per heavy atom. The molecule has 2 heteroatoms. The molecule has 0 bridgehead atoms. The number of ether oxygens (including phenoxy) is 1. The van der Waals surface area contributed by atoms with Crippen LogP contribution in [-0.2, 0) is 5.41 Å². The molecule has 0 unspecified atom stereocenters. The highest BCUT2D eigenvalue weighted by Crippen LogP contribution is 2.41. The molecule has 0 aliphatic heterocycles. The molecule has 0 radical (unpaired) electrons. The molecule has 1 heterocycles. The van der Waals surface area contributed by atoms with Gasteiger partial charge >= 0.3 is 0 Å². The summed E-state index contributed by atoms with van der Waals surface area (Å²) in [6.45, 7) is 6.66. The lowest BCUT2D eigenvalue weighted by atomic mass is 9.83. The molecule has 0 spiro atoms. The van der Waals surface area contributed by atoms with E-state index in [1.165, 1.54) is 10.9 Å². The Labute approximate surface area is 125 Å². The molecule has 21 heavy (non-hydrogen) atoms. The van der Waals surface area contributed by atoms with Gasteiger partial charge in [-0.2, -0.15) is 0 Å². The minimum atomic E-state index is 0.0157. The summed E-state index contributed by atoms with van der Waals surface area (Å²) >= 11 is 0. The summed E-state index contributed by atoms with van der Waals surface area (Å²) in [7, 11) is 1.68. The van der Waals surface area contributed by atoms with Crippen LogP contribution in [0.2, 0.25) is 0 Å². The van der Waals surface area contributed by atoms with E-state index in [-0.39, 0.29) is 5.41 Å². The minimum Gasteiger partial charge on any atom is -0.497 e. The minimum absolute atomic E-state index is 0.0157. The van der Waals surface area contributed by atoms with Crippen molar-refractivity contribution in [2.45, 2.75) is 26.2 Å². The highest BCUT2D eigenvalue weighted by molar-refractivity contribution is 5.89. The number of hydrogen-bond donors (Lipinski definition) is 0. The summed E-state index contributed by atoms with van der Waals surface area (Å²) in [5.41, 5.74) is 3.29. The molecule has 0 fully saturated rings. The molecule has 0 amide bonds. The number of methoxy groups -OCH3 is 1. The van der Waals surface area contributed by atoms with Crippen LogP contribution in [0.4, 0.5) is 0 Å². The Kier molecular flexibility index (Phi) is 3.25. The van der Waals surface area contributed by atoms with Crippen molar-refractivity contribution in [1.82, 2.24) is 0 Å². The van der Waals surface area contributed by atoms with E-state index in [0.29, 0.717) is 0 Å². The van der Waals surface area contributed by atoms with Crippen LogP contribution in [0.5, 0.6) is 5.75 Å². The smallest absolute Gasteiger partial charge is 0.139 e. The van der Waals surface area contributed by atoms with Crippen molar-refractivity contribution in [3.05, 3.63) is 54.1 Å². The lowest BCUT2D eigenvalue weighted by molar-refractivity contribution is 0.415. The highest BCUT2D eigenvalue weighted by atomic mass is 16.5. The van der Waals surface area contributed by atoms with Gasteiger partial charge in [0.15, 0.2) is 0 Å². The third-order valence-electron chi connectivity index (χ3n) is 3.70. The summed E-state index contributed by atoms with van der Waals surface area (Å²) in [6, 6.07) is 16.3. The van der Waals surface area contributed by atoms with Crippen molar-refractivity contribution < 1.29 is 9.15 Å². The van der Waals surface area contributed by atoms with Gasteiger partial charge in [0.2, 0.25) is 0 Å². The number of fused-ring (bicyclic) bond motifs is 1. The first-order valence-electron chi connectivity index (χ1n) is 7.17. The number of hydrogen-bond acceptors (Lipinski definition) is 2. The zero-order valence-corrected chi connectivity index (χ0v) is 12.9. The first-order chi connectivity index (χ1) is 10.0. The lowest BCUT2D eigenvalue weighted by Gasteiger charge is -2.19. The van der Waals surface area contributed by atoms with E-state index in [1.807, 2.05) is 36.4 Å². The van der Waals surface area contributed by atoms with E-state index in [0.717, 1.165) is 22.7 Å². The fourth-order valence-corrected chi connectivity index (χ4v) is 2.74. The predicted octanol–water partition coefficient (Wildman–Crippen LogP) is 5.41. The molecule has 0 atom stereocenters. The van der Waals surface area contributed by atoms with E-state index >= 15 is 0 Å². The van der Waals surface area contributed by atoms with Gasteiger partial charge in [-0.3, -0.25) is 0 Å². The van der Waals surface area contributed by atoms with Gasteiger partial charge in [0.25, 0.3) is 0 Å². The first kappa shape index (κ1) is 13.7. The van der Waals surface area contributed by atoms with Crippen LogP contribution in [0.3, 0.4) is 0 Å². The Morgan fingerprint density at radius 2 is 1.57 bits per heavy atom. The maximum absolute atomic E-state index is 6.14. The van der Waals surface area contributed by atoms with Crippen LogP contribution in [0.25, 0.3) is 22.3 Å². The zero-order chi connectivity index (χ0) is 15.0. The van der Waals surface area contributed by atoms with Crippen molar-refractivity contribution >= 4 is 11.0 Å². The van der Waals surface area contributed by atoms with Gasteiger partial charge < -0.3 is 9.15 Å². The second-order valence-electron chi connectivity index (χ2n) is 6.28. The van der Waals surface area contributed by atoms with E-state index in [9.17, 15) is 0 Å². The second kappa shape index (κ2) is 4.96. The summed E-state index contributed by atoms with van der Waals surface area (Å²) < 4.78 is 11.4. The van der Waals surface area contributed by atoms with Gasteiger partial charge in [-0.25, -0.2) is 0 Å². The second-order valence-corrected chi connectivity index (χ2v) is 6.28. The third kappa shape index (κ3) is 2.42. The normalized spacial score (nSPS) is 11.8. The van der Waals surface area contributed by atoms with Crippen LogP contribution >= 0.6 is 0 Å². The molecule has 0 saturated heterocycles. The third-order valence-corrected chi connectivity index (χ3v) is 3.70. The molecule has 0 saturated carbocycles. The number of rotatable bonds is 2. The van der Waals surface area contributed by atoms with Gasteiger partial charge in [0, 0.05) is 16.5 Å². The van der Waals surface area contributed by atoms with Gasteiger partial charge in [-0.1, -0.05) is 39.0 Å². The largest absolute Gasteiger partial charge is 0.497 e. The van der Waals surface area contributed by atoms with Crippen LogP contribution < -0.4 is 4.74 Å². The average molecular weight is 280 g/mol. The fourth-order valence-electron chi connectivity index (χ4n) is 2.74. The van der Waals surface area contributed by atoms with Gasteiger partial charge in [0.05, 0.1) is 7.11 Å². The molecule has 3 rings (SSSR count). The molecule has 0 aliphatic carbocycles. The van der Waals surface area contributed by atoms with Crippen molar-refractivity contribution in [3.8, 4) is 17.1 Å². The molecule has 2 aromatic carbocycles. The SMILES string of the molecule is COc1ccc(-c2oc3ccccc3c2C(C)(C)C)cc1. The van der Waals surface area contributed by atoms with E-state index < -0.39 is 0 Å². The van der Waals surface area contributed by atoms with E-state index in [1.54, 1.807) is 7.11 Å². The molecule has 1 aromatic heterocycles. The fraction of sp³-hybridized carbons (Fsp3) is 0.263. The summed E-state index contributed by atoms with van der Waals surface area (Å²) in [4.78, 5) is 0. The van der Waals surface area contributed by atoms with Gasteiger partial charge in [-0.15, -0.1) is 0 Å². The zero-order valence-electron chi connectivity index (χ0n) is 12.9. The van der Waals surface area contributed by atoms with Crippen molar-refractivity contribution in [1.29, 1.82) is 0 Å². The van der Waals surface area contributed by atoms with Crippen LogP contribution in [-0.4, -0.2) is 7.11 Å². The number of furan rings is 1. The molecule has 0 N–H and O–H groups in total. The van der Waals surface area contributed by atoms with Crippen LogP contribution in [0, 0.1) is 0 Å². The van der Waals surface area contributed by atoms with Crippen molar-refractivity contribution in [2.75, 3.05) is 7.11 Å². The predicted molar refractivity (Wildman–Crippen MR) is 86.9 cm³/mol. The Hall–Kier alpha value is -2.22. The topological polar surface area (TPSA) is 22.4 Å². The molecular formula is C19H20O2. The highest BCUT2D eigenvalue weighted by Gasteiger charge is 2.25. The average Bonchev–Trinajstić information content (AvgIpc) is 2.86. The van der Waals surface area contributed by atoms with E-state index in [4.69, 9.17) is 9.15 Å². The first-order valence-corrected chi connectivity index (χ1v) is 7.17. The quantitative estimate of drug-likeness (QED) is 0.626. The standard InChI is InChI=1S/C19H20O2/c1-19(2,3)17-15-7-5-6-8-16(15)21-18(17)13-9-11-14(20-4)12-10-13/h5-12H,1-4H3. The molecule has 2 nitrogen and oxygen atoms in total. The lowest BCUT2D eigenvalue weighted by Crippen LogP contribution is -2.11. The van der Waals surface area contributed by atoms with Crippen molar-refractivity contribution in [2.24, 2.45) is 0 Å². The molecule has 3 aromatic rings. The Morgan fingerprint density at radius 3 is 2.19 bits per heavy atom. The van der Waals surface area contributed by atoms with Crippen LogP contribution in [0.1, 0.15) is 26.3 Å². The van der Waals surface area contributed by atoms with E-state index in [2.05, 4.69) is 32.9 Å². The Bertz CT molecular complexity index is 758. The summed E-state index contributed by atoms with van der Waals surface area (Å²) in [5.74, 6) is 1.80. The summed E-state index contributed by atoms with van der Waals surface area (Å²) in [5, 5.41) is 1.19. The monoisotopic (exact) mass is 280 g/mol. The molecular weight excluding hydrogens is 260 g/mol. The van der Waals surface area contributed by atoms with Crippen molar-refractivity contribution in [3.63, 3.8) is 0 Å². The molecule has 0 aliphatic rings. The maximum atomic E-state index is 6.14. The Balaban J connectivity index is 2.25. The van der Waals surface area contributed by atoms with Gasteiger partial charge in [-0.05, 0) is 35.7 Å². The molecule has 108 valence electrons. The summed E-state index contributed by atoms with van der Waals surface area (Å²) in [6.07, 6.45) is 0. The number of benzene rings is 2. The van der Waals surface area contributed by atoms with Crippen LogP contribution in [0.15, 0.2) is 52.9 Å². The number of para-hydroxylation sites is 1. The van der Waals surface area contributed by atoms with Gasteiger partial charge in [0.1, 0.15) is 17.1 Å².